The maximum Gasteiger partial charge on any atom is 0.339 e. The van der Waals surface area contributed by atoms with Crippen LogP contribution in [0.15, 0.2) is 30.5 Å². The molecule has 1 N–H and O–H groups in total. The Morgan fingerprint density at radius 2 is 1.67 bits per heavy atom. The van der Waals surface area contributed by atoms with Gasteiger partial charge in [0.1, 0.15) is 0 Å². The van der Waals surface area contributed by atoms with Crippen LogP contribution in [-0.2, 0) is 9.53 Å². The van der Waals surface area contributed by atoms with E-state index in [4.69, 9.17) is 51.1 Å². The van der Waals surface area contributed by atoms with Crippen LogP contribution in [0.25, 0.3) is 0 Å². The highest BCUT2D eigenvalue weighted by Gasteiger charge is 2.21. The van der Waals surface area contributed by atoms with Gasteiger partial charge in [-0.05, 0) is 31.2 Å². The first-order valence-electron chi connectivity index (χ1n) is 6.55. The number of anilines is 1. The summed E-state index contributed by atoms with van der Waals surface area (Å²) in [5.41, 5.74) is 0.134. The number of hydrogen-bond donors (Lipinski definition) is 1. The molecule has 24 heavy (non-hydrogen) atoms. The van der Waals surface area contributed by atoms with Crippen molar-refractivity contribution in [3.05, 3.63) is 56.1 Å². The lowest BCUT2D eigenvalue weighted by Crippen LogP contribution is -2.30. The lowest BCUT2D eigenvalue weighted by molar-refractivity contribution is -0.123. The maximum absolute atomic E-state index is 12.1. The molecule has 1 aromatic heterocycles. The average Bonchev–Trinajstić information content (AvgIpc) is 2.48. The van der Waals surface area contributed by atoms with Gasteiger partial charge in [0.15, 0.2) is 11.9 Å². The van der Waals surface area contributed by atoms with Gasteiger partial charge in [0.2, 0.25) is 0 Å². The molecule has 1 amide bonds. The number of pyridine rings is 1. The van der Waals surface area contributed by atoms with Gasteiger partial charge in [-0.2, -0.15) is 0 Å². The molecule has 0 fully saturated rings. The van der Waals surface area contributed by atoms with Crippen molar-refractivity contribution in [2.24, 2.45) is 0 Å². The highest BCUT2D eigenvalue weighted by atomic mass is 35.5. The first-order chi connectivity index (χ1) is 11.3. The number of rotatable bonds is 4. The van der Waals surface area contributed by atoms with E-state index < -0.39 is 18.0 Å². The van der Waals surface area contributed by atoms with E-state index in [0.717, 1.165) is 0 Å². The summed E-state index contributed by atoms with van der Waals surface area (Å²) in [6.07, 6.45) is 0.233. The zero-order valence-corrected chi connectivity index (χ0v) is 15.2. The fourth-order valence-electron chi connectivity index (χ4n) is 1.68. The van der Waals surface area contributed by atoms with E-state index in [1.807, 2.05) is 0 Å². The Morgan fingerprint density at radius 1 is 1.04 bits per heavy atom. The summed E-state index contributed by atoms with van der Waals surface area (Å²) in [6, 6.07) is 5.68. The molecule has 0 saturated carbocycles. The Kier molecular flexibility index (Phi) is 6.29. The van der Waals surface area contributed by atoms with Crippen LogP contribution in [0.4, 0.5) is 5.82 Å². The van der Waals surface area contributed by atoms with Crippen molar-refractivity contribution in [3.63, 3.8) is 0 Å². The first-order valence-corrected chi connectivity index (χ1v) is 8.06. The monoisotopic (exact) mass is 406 g/mol. The number of carbonyl (C=O) groups excluding carboxylic acids is 2. The van der Waals surface area contributed by atoms with Gasteiger partial charge >= 0.3 is 5.97 Å². The number of benzene rings is 1. The van der Waals surface area contributed by atoms with E-state index in [1.54, 1.807) is 0 Å². The van der Waals surface area contributed by atoms with Gasteiger partial charge in [-0.1, -0.05) is 46.4 Å². The van der Waals surface area contributed by atoms with Crippen LogP contribution < -0.4 is 5.32 Å². The lowest BCUT2D eigenvalue weighted by Gasteiger charge is -2.14. The molecule has 0 radical (unpaired) electrons. The predicted octanol–water partition coefficient (Wildman–Crippen LogP) is 4.88. The van der Waals surface area contributed by atoms with Gasteiger partial charge < -0.3 is 10.1 Å². The highest BCUT2D eigenvalue weighted by molar-refractivity contribution is 6.36. The van der Waals surface area contributed by atoms with Crippen LogP contribution in [0.3, 0.4) is 0 Å². The smallest absolute Gasteiger partial charge is 0.339 e. The standard InChI is InChI=1S/C15H10Cl4N2O3/c1-7(14(22)21-13-12(19)5-11(18)6-20-13)24-15(23)8-2-9(16)4-10(17)3-8/h2-7H,1H3,(H,20,21,22). The van der Waals surface area contributed by atoms with Crippen LogP contribution >= 0.6 is 46.4 Å². The second-order valence-corrected chi connectivity index (χ2v) is 6.40. The fraction of sp³-hybridized carbons (Fsp3) is 0.133. The van der Waals surface area contributed by atoms with Crippen molar-refractivity contribution >= 4 is 64.1 Å². The molecular formula is C15H10Cl4N2O3. The van der Waals surface area contributed by atoms with Crippen LogP contribution in [0, 0.1) is 0 Å². The van der Waals surface area contributed by atoms with Crippen LogP contribution in [0.2, 0.25) is 20.1 Å². The van der Waals surface area contributed by atoms with Gasteiger partial charge in [-0.25, -0.2) is 9.78 Å². The maximum atomic E-state index is 12.1. The molecule has 1 atom stereocenters. The zero-order valence-electron chi connectivity index (χ0n) is 12.1. The Hall–Kier alpha value is -1.53. The number of nitrogens with zero attached hydrogens (tertiary/aromatic N) is 1. The van der Waals surface area contributed by atoms with Gasteiger partial charge in [0.05, 0.1) is 15.6 Å². The third-order valence-corrected chi connectivity index (χ3v) is 3.73. The molecule has 0 aliphatic carbocycles. The summed E-state index contributed by atoms with van der Waals surface area (Å²) in [6.45, 7) is 1.41. The summed E-state index contributed by atoms with van der Waals surface area (Å²) >= 11 is 23.3. The minimum atomic E-state index is -1.09. The Labute approximate surface area is 157 Å². The third-order valence-electron chi connectivity index (χ3n) is 2.80. The molecule has 0 saturated heterocycles. The normalized spacial score (nSPS) is 11.7. The van der Waals surface area contributed by atoms with Crippen molar-refractivity contribution in [3.8, 4) is 0 Å². The van der Waals surface area contributed by atoms with Crippen molar-refractivity contribution in [2.75, 3.05) is 5.32 Å². The zero-order chi connectivity index (χ0) is 17.9. The number of carbonyl (C=O) groups is 2. The number of hydrogen-bond acceptors (Lipinski definition) is 4. The molecular weight excluding hydrogens is 398 g/mol. The van der Waals surface area contributed by atoms with Crippen LogP contribution in [0.1, 0.15) is 17.3 Å². The summed E-state index contributed by atoms with van der Waals surface area (Å²) in [7, 11) is 0. The molecule has 2 rings (SSSR count). The Morgan fingerprint density at radius 3 is 2.25 bits per heavy atom. The molecule has 1 aromatic carbocycles. The summed E-state index contributed by atoms with van der Waals surface area (Å²) in [5.74, 6) is -1.23. The summed E-state index contributed by atoms with van der Waals surface area (Å²) < 4.78 is 5.08. The number of esters is 1. The molecule has 2 aromatic rings. The topological polar surface area (TPSA) is 68.3 Å². The quantitative estimate of drug-likeness (QED) is 0.733. The molecule has 0 aliphatic rings. The minimum absolute atomic E-state index is 0.111. The second kappa shape index (κ2) is 8.03. The van der Waals surface area contributed by atoms with Crippen LogP contribution in [-0.4, -0.2) is 23.0 Å². The number of nitrogens with one attached hydrogen (secondary N) is 1. The number of ether oxygens (including phenoxy) is 1. The summed E-state index contributed by atoms with van der Waals surface area (Å²) in [4.78, 5) is 28.0. The molecule has 0 bridgehead atoms. The number of halogens is 4. The van der Waals surface area contributed by atoms with Crippen molar-refractivity contribution in [2.45, 2.75) is 13.0 Å². The average molecular weight is 408 g/mol. The molecule has 126 valence electrons. The fourth-order valence-corrected chi connectivity index (χ4v) is 2.63. The molecule has 0 spiro atoms. The van der Waals surface area contributed by atoms with E-state index in [2.05, 4.69) is 10.3 Å². The van der Waals surface area contributed by atoms with E-state index in [0.29, 0.717) is 5.02 Å². The molecule has 1 heterocycles. The molecule has 5 nitrogen and oxygen atoms in total. The third kappa shape index (κ3) is 4.98. The van der Waals surface area contributed by atoms with Crippen LogP contribution in [0.5, 0.6) is 0 Å². The largest absolute Gasteiger partial charge is 0.449 e. The SMILES string of the molecule is CC(OC(=O)c1cc(Cl)cc(Cl)c1)C(=O)Nc1ncc(Cl)cc1Cl. The second-order valence-electron chi connectivity index (χ2n) is 4.68. The lowest BCUT2D eigenvalue weighted by atomic mass is 10.2. The van der Waals surface area contributed by atoms with Crippen molar-refractivity contribution < 1.29 is 14.3 Å². The highest BCUT2D eigenvalue weighted by Crippen LogP contribution is 2.23. The van der Waals surface area contributed by atoms with E-state index in [-0.39, 0.29) is 26.4 Å². The molecule has 1 unspecified atom stereocenters. The Bertz CT molecular complexity index is 778. The van der Waals surface area contributed by atoms with E-state index in [9.17, 15) is 9.59 Å². The van der Waals surface area contributed by atoms with Crippen molar-refractivity contribution in [1.82, 2.24) is 4.98 Å². The minimum Gasteiger partial charge on any atom is -0.449 e. The van der Waals surface area contributed by atoms with E-state index >= 15 is 0 Å². The number of aromatic nitrogens is 1. The number of amides is 1. The predicted molar refractivity (Wildman–Crippen MR) is 94.2 cm³/mol. The van der Waals surface area contributed by atoms with Gasteiger partial charge in [-0.3, -0.25) is 4.79 Å². The first kappa shape index (κ1) is 18.8. The van der Waals surface area contributed by atoms with Gasteiger partial charge in [-0.15, -0.1) is 0 Å². The van der Waals surface area contributed by atoms with Crippen molar-refractivity contribution in [1.29, 1.82) is 0 Å². The van der Waals surface area contributed by atoms with Gasteiger partial charge in [0, 0.05) is 16.2 Å². The Balaban J connectivity index is 2.04. The molecule has 0 aliphatic heterocycles. The van der Waals surface area contributed by atoms with E-state index in [1.165, 1.54) is 37.4 Å². The van der Waals surface area contributed by atoms with Gasteiger partial charge in [0.25, 0.3) is 5.91 Å². The molecule has 9 heteroatoms. The summed E-state index contributed by atoms with van der Waals surface area (Å²) in [5, 5.41) is 3.50.